The molecule has 1 aliphatic heterocycles. The van der Waals surface area contributed by atoms with E-state index < -0.39 is 0 Å². The molecule has 0 aromatic heterocycles. The van der Waals surface area contributed by atoms with Crippen molar-refractivity contribution >= 4 is 14.5 Å². The summed E-state index contributed by atoms with van der Waals surface area (Å²) in [5, 5.41) is 0. The van der Waals surface area contributed by atoms with Gasteiger partial charge in [-0.2, -0.15) is 0 Å². The molecule has 4 radical (unpaired) electrons. The first-order valence-electron chi connectivity index (χ1n) is 3.35. The quantitative estimate of drug-likeness (QED) is 0.587. The summed E-state index contributed by atoms with van der Waals surface area (Å²) in [6.45, 7) is 0.705. The van der Waals surface area contributed by atoms with Gasteiger partial charge in [-0.1, -0.05) is 24.3 Å². The maximum Gasteiger partial charge on any atom is 0.126 e. The van der Waals surface area contributed by atoms with Crippen molar-refractivity contribution in [3.63, 3.8) is 0 Å². The second kappa shape index (κ2) is 5.07. The molecule has 0 aliphatic carbocycles. The van der Waals surface area contributed by atoms with E-state index >= 15 is 0 Å². The molecule has 1 nitrogen and oxygen atoms in total. The average Bonchev–Trinajstić information content (AvgIpc) is 2.05. The molecule has 0 fully saturated rings. The van der Waals surface area contributed by atoms with Gasteiger partial charge in [0.25, 0.3) is 0 Å². The molecule has 0 atom stereocenters. The van der Waals surface area contributed by atoms with E-state index in [1.165, 1.54) is 5.56 Å². The third-order valence-electron chi connectivity index (χ3n) is 1.55. The molecule has 0 amide bonds. The normalized spacial score (nSPS) is 11.7. The van der Waals surface area contributed by atoms with E-state index in [-0.39, 0.29) is 25.5 Å². The zero-order valence-corrected chi connectivity index (χ0v) is 7.40. The number of hydrogen-bond donors (Lipinski definition) is 0. The standard InChI is InChI=1S/C9H8O.B.Cu/c1-2-6-9-8(4-1)5-3-7-10-9;;/h1-6H,7H2;;. The second-order valence-electron chi connectivity index (χ2n) is 2.25. The van der Waals surface area contributed by atoms with Gasteiger partial charge in [0.15, 0.2) is 0 Å². The molecule has 3 heteroatoms. The van der Waals surface area contributed by atoms with Crippen LogP contribution in [0.2, 0.25) is 0 Å². The Balaban J connectivity index is 0.000000605. The minimum Gasteiger partial charge on any atom is -0.489 e. The number of ether oxygens (including phenoxy) is 1. The molecule has 1 aliphatic rings. The topological polar surface area (TPSA) is 9.23 Å². The summed E-state index contributed by atoms with van der Waals surface area (Å²) in [6.07, 6.45) is 4.10. The second-order valence-corrected chi connectivity index (χ2v) is 2.25. The Morgan fingerprint density at radius 1 is 1.17 bits per heavy atom. The summed E-state index contributed by atoms with van der Waals surface area (Å²) in [4.78, 5) is 0. The minimum absolute atomic E-state index is 0. The summed E-state index contributed by atoms with van der Waals surface area (Å²) < 4.78 is 5.34. The van der Waals surface area contributed by atoms with Crippen LogP contribution in [-0.2, 0) is 17.1 Å². The van der Waals surface area contributed by atoms with Crippen LogP contribution in [0.4, 0.5) is 0 Å². The molecule has 0 unspecified atom stereocenters. The van der Waals surface area contributed by atoms with E-state index in [0.717, 1.165) is 5.75 Å². The molecule has 2 rings (SSSR count). The Kier molecular flexibility index (Phi) is 4.80. The maximum atomic E-state index is 5.34. The smallest absolute Gasteiger partial charge is 0.126 e. The Labute approximate surface area is 84.9 Å². The molecule has 12 heavy (non-hydrogen) atoms. The zero-order valence-electron chi connectivity index (χ0n) is 6.46. The molecule has 64 valence electrons. The number of fused-ring (bicyclic) bond motifs is 1. The fourth-order valence-electron chi connectivity index (χ4n) is 1.06. The molecule has 0 N–H and O–H groups in total. The largest absolute Gasteiger partial charge is 0.489 e. The van der Waals surface area contributed by atoms with Crippen LogP contribution in [-0.4, -0.2) is 15.0 Å². The van der Waals surface area contributed by atoms with Crippen molar-refractivity contribution in [2.24, 2.45) is 0 Å². The van der Waals surface area contributed by atoms with Gasteiger partial charge in [-0.3, -0.25) is 0 Å². The molecule has 0 spiro atoms. The Hall–Kier alpha value is -0.656. The number of hydrogen-bond acceptors (Lipinski definition) is 1. The van der Waals surface area contributed by atoms with Gasteiger partial charge >= 0.3 is 0 Å². The summed E-state index contributed by atoms with van der Waals surface area (Å²) in [5.74, 6) is 0.991. The minimum atomic E-state index is 0. The van der Waals surface area contributed by atoms with E-state index in [0.29, 0.717) is 6.61 Å². The fraction of sp³-hybridized carbons (Fsp3) is 0.111. The van der Waals surface area contributed by atoms with Crippen molar-refractivity contribution in [1.82, 2.24) is 0 Å². The fourth-order valence-corrected chi connectivity index (χ4v) is 1.06. The summed E-state index contributed by atoms with van der Waals surface area (Å²) >= 11 is 0. The first kappa shape index (κ1) is 11.3. The van der Waals surface area contributed by atoms with Crippen molar-refractivity contribution in [3.05, 3.63) is 35.9 Å². The molecular formula is C9H8BCuO. The third kappa shape index (κ3) is 2.16. The van der Waals surface area contributed by atoms with Crippen LogP contribution in [0.15, 0.2) is 30.3 Å². The van der Waals surface area contributed by atoms with Gasteiger partial charge in [-0.15, -0.1) is 0 Å². The van der Waals surface area contributed by atoms with E-state index in [9.17, 15) is 0 Å². The van der Waals surface area contributed by atoms with Gasteiger partial charge in [0.1, 0.15) is 12.4 Å². The molecular weight excluding hydrogens is 198 g/mol. The van der Waals surface area contributed by atoms with Crippen LogP contribution in [0.5, 0.6) is 5.75 Å². The van der Waals surface area contributed by atoms with E-state index in [1.54, 1.807) is 0 Å². The van der Waals surface area contributed by atoms with Gasteiger partial charge in [0.05, 0.1) is 0 Å². The van der Waals surface area contributed by atoms with Crippen molar-refractivity contribution in [3.8, 4) is 5.75 Å². The van der Waals surface area contributed by atoms with Crippen molar-refractivity contribution in [1.29, 1.82) is 0 Å². The Morgan fingerprint density at radius 3 is 2.67 bits per heavy atom. The molecule has 1 aromatic rings. The Morgan fingerprint density at radius 2 is 1.92 bits per heavy atom. The van der Waals surface area contributed by atoms with Gasteiger partial charge in [-0.25, -0.2) is 0 Å². The van der Waals surface area contributed by atoms with E-state index in [4.69, 9.17) is 4.74 Å². The van der Waals surface area contributed by atoms with Crippen molar-refractivity contribution in [2.45, 2.75) is 0 Å². The molecule has 0 saturated heterocycles. The van der Waals surface area contributed by atoms with Crippen LogP contribution >= 0.6 is 0 Å². The van der Waals surface area contributed by atoms with Crippen LogP contribution in [0, 0.1) is 0 Å². The van der Waals surface area contributed by atoms with Crippen molar-refractivity contribution < 1.29 is 21.8 Å². The number of rotatable bonds is 0. The van der Waals surface area contributed by atoms with E-state index in [2.05, 4.69) is 6.08 Å². The third-order valence-corrected chi connectivity index (χ3v) is 1.55. The molecule has 0 bridgehead atoms. The first-order chi connectivity index (χ1) is 4.97. The monoisotopic (exact) mass is 206 g/mol. The summed E-state index contributed by atoms with van der Waals surface area (Å²) in [7, 11) is 0. The van der Waals surface area contributed by atoms with Gasteiger partial charge < -0.3 is 4.74 Å². The predicted molar refractivity (Wildman–Crippen MR) is 46.7 cm³/mol. The average molecular weight is 207 g/mol. The summed E-state index contributed by atoms with van der Waals surface area (Å²) in [6, 6.07) is 8.03. The molecule has 1 heterocycles. The SMILES string of the molecule is C1=Cc2ccccc2OC1.[B].[Cu]. The van der Waals surface area contributed by atoms with E-state index in [1.807, 2.05) is 30.3 Å². The number of para-hydroxylation sites is 1. The molecule has 0 saturated carbocycles. The molecule has 1 aromatic carbocycles. The Bertz CT molecular complexity index is 273. The maximum absolute atomic E-state index is 5.34. The number of benzene rings is 1. The van der Waals surface area contributed by atoms with Crippen LogP contribution in [0.3, 0.4) is 0 Å². The van der Waals surface area contributed by atoms with Crippen LogP contribution in [0.1, 0.15) is 5.56 Å². The van der Waals surface area contributed by atoms with Gasteiger partial charge in [0, 0.05) is 31.0 Å². The van der Waals surface area contributed by atoms with Crippen LogP contribution < -0.4 is 4.74 Å². The zero-order chi connectivity index (χ0) is 6.81. The van der Waals surface area contributed by atoms with Crippen LogP contribution in [0.25, 0.3) is 6.08 Å². The van der Waals surface area contributed by atoms with Gasteiger partial charge in [0.2, 0.25) is 0 Å². The predicted octanol–water partition coefficient (Wildman–Crippen LogP) is 1.71. The summed E-state index contributed by atoms with van der Waals surface area (Å²) in [5.41, 5.74) is 1.17. The van der Waals surface area contributed by atoms with Crippen molar-refractivity contribution in [2.75, 3.05) is 6.61 Å². The van der Waals surface area contributed by atoms with Gasteiger partial charge in [-0.05, 0) is 12.1 Å². The first-order valence-corrected chi connectivity index (χ1v) is 3.35.